The summed E-state index contributed by atoms with van der Waals surface area (Å²) in [5.74, 6) is -0.649. The summed E-state index contributed by atoms with van der Waals surface area (Å²) in [6.07, 6.45) is -0.0641. The Kier molecular flexibility index (Phi) is 5.16. The van der Waals surface area contributed by atoms with Crippen molar-refractivity contribution in [2.45, 2.75) is 32.6 Å². The topological polar surface area (TPSA) is 75.6 Å². The van der Waals surface area contributed by atoms with Crippen molar-refractivity contribution in [1.82, 2.24) is 0 Å². The van der Waals surface area contributed by atoms with Crippen LogP contribution >= 0.6 is 15.9 Å². The smallest absolute Gasteiger partial charge is 0.304 e. The largest absolute Gasteiger partial charge is 0.495 e. The number of ether oxygens (including phenoxy) is 1. The van der Waals surface area contributed by atoms with Crippen molar-refractivity contribution < 1.29 is 19.4 Å². The van der Waals surface area contributed by atoms with E-state index in [1.165, 1.54) is 14.0 Å². The van der Waals surface area contributed by atoms with Crippen LogP contribution in [0.1, 0.15) is 32.8 Å². The van der Waals surface area contributed by atoms with Gasteiger partial charge in [0.25, 0.3) is 0 Å². The van der Waals surface area contributed by atoms with E-state index in [9.17, 15) is 9.59 Å². The molecule has 0 heterocycles. The molecule has 0 aromatic heterocycles. The molecule has 5 nitrogen and oxygen atoms in total. The predicted molar refractivity (Wildman–Crippen MR) is 80.3 cm³/mol. The molecule has 0 bridgehead atoms. The standard InChI is InChI=1S/C14H18BrNO4/c1-8(17)16-13-10(20-4)6-5-9(15)12(13)14(2,3)7-11(18)19/h5-6H,7H2,1-4H3,(H,16,17)(H,18,19). The first-order chi connectivity index (χ1) is 9.19. The molecule has 110 valence electrons. The van der Waals surface area contributed by atoms with Crippen molar-refractivity contribution in [2.24, 2.45) is 0 Å². The van der Waals surface area contributed by atoms with Crippen LogP contribution in [0.3, 0.4) is 0 Å². The first-order valence-corrected chi connectivity index (χ1v) is 6.84. The second kappa shape index (κ2) is 6.26. The van der Waals surface area contributed by atoms with E-state index in [0.29, 0.717) is 17.0 Å². The summed E-state index contributed by atoms with van der Waals surface area (Å²) in [4.78, 5) is 22.4. The number of rotatable bonds is 5. The Balaban J connectivity index is 3.49. The molecule has 0 saturated heterocycles. The van der Waals surface area contributed by atoms with E-state index in [1.807, 2.05) is 13.8 Å². The maximum atomic E-state index is 11.4. The fraction of sp³-hybridized carbons (Fsp3) is 0.429. The molecule has 20 heavy (non-hydrogen) atoms. The monoisotopic (exact) mass is 343 g/mol. The van der Waals surface area contributed by atoms with E-state index < -0.39 is 11.4 Å². The number of carboxylic acids is 1. The summed E-state index contributed by atoms with van der Waals surface area (Å²) < 4.78 is 5.99. The maximum Gasteiger partial charge on any atom is 0.304 e. The highest BCUT2D eigenvalue weighted by Crippen LogP contribution is 2.43. The fourth-order valence-corrected chi connectivity index (χ4v) is 3.02. The Morgan fingerprint density at radius 1 is 1.40 bits per heavy atom. The van der Waals surface area contributed by atoms with Crippen LogP contribution in [0.5, 0.6) is 5.75 Å². The van der Waals surface area contributed by atoms with Gasteiger partial charge in [-0.05, 0) is 17.7 Å². The van der Waals surface area contributed by atoms with Crippen LogP contribution in [0.2, 0.25) is 0 Å². The van der Waals surface area contributed by atoms with Crippen molar-refractivity contribution in [1.29, 1.82) is 0 Å². The Morgan fingerprint density at radius 2 is 2.00 bits per heavy atom. The molecule has 0 atom stereocenters. The first-order valence-electron chi connectivity index (χ1n) is 6.05. The zero-order chi connectivity index (χ0) is 15.5. The van der Waals surface area contributed by atoms with Gasteiger partial charge in [-0.2, -0.15) is 0 Å². The number of amides is 1. The van der Waals surface area contributed by atoms with Crippen molar-refractivity contribution in [3.05, 3.63) is 22.2 Å². The van der Waals surface area contributed by atoms with Crippen LogP contribution in [-0.4, -0.2) is 24.1 Å². The van der Waals surface area contributed by atoms with Gasteiger partial charge < -0.3 is 15.2 Å². The minimum absolute atomic E-state index is 0.0641. The van der Waals surface area contributed by atoms with Crippen LogP contribution in [0, 0.1) is 0 Å². The van der Waals surface area contributed by atoms with E-state index in [1.54, 1.807) is 12.1 Å². The van der Waals surface area contributed by atoms with Crippen molar-refractivity contribution >= 4 is 33.5 Å². The molecular formula is C14H18BrNO4. The number of nitrogens with one attached hydrogen (secondary N) is 1. The number of benzene rings is 1. The number of carbonyl (C=O) groups is 2. The highest BCUT2D eigenvalue weighted by Gasteiger charge is 2.31. The van der Waals surface area contributed by atoms with Gasteiger partial charge >= 0.3 is 5.97 Å². The molecule has 0 aliphatic rings. The normalized spacial score (nSPS) is 11.1. The average molecular weight is 344 g/mol. The Morgan fingerprint density at radius 3 is 2.45 bits per heavy atom. The maximum absolute atomic E-state index is 11.4. The molecule has 0 unspecified atom stereocenters. The summed E-state index contributed by atoms with van der Waals surface area (Å²) in [6.45, 7) is 5.02. The third-order valence-corrected chi connectivity index (χ3v) is 3.57. The van der Waals surface area contributed by atoms with Crippen LogP contribution in [0.15, 0.2) is 16.6 Å². The van der Waals surface area contributed by atoms with Gasteiger partial charge in [0.15, 0.2) is 0 Å². The quantitative estimate of drug-likeness (QED) is 0.860. The van der Waals surface area contributed by atoms with Gasteiger partial charge in [-0.15, -0.1) is 0 Å². The van der Waals surface area contributed by atoms with Gasteiger partial charge in [0, 0.05) is 16.8 Å². The summed E-state index contributed by atoms with van der Waals surface area (Å²) in [5, 5.41) is 11.8. The molecule has 0 saturated carbocycles. The van der Waals surface area contributed by atoms with E-state index in [2.05, 4.69) is 21.2 Å². The highest BCUT2D eigenvalue weighted by molar-refractivity contribution is 9.10. The molecule has 1 aromatic carbocycles. The SMILES string of the molecule is COc1ccc(Br)c(C(C)(C)CC(=O)O)c1NC(C)=O. The lowest BCUT2D eigenvalue weighted by molar-refractivity contribution is -0.138. The van der Waals surface area contributed by atoms with E-state index in [0.717, 1.165) is 4.47 Å². The summed E-state index contributed by atoms with van der Waals surface area (Å²) in [7, 11) is 1.50. The number of methoxy groups -OCH3 is 1. The summed E-state index contributed by atoms with van der Waals surface area (Å²) >= 11 is 3.43. The number of halogens is 1. The fourth-order valence-electron chi connectivity index (χ4n) is 2.16. The number of carboxylic acid groups (broad SMARTS) is 1. The zero-order valence-electron chi connectivity index (χ0n) is 11.9. The van der Waals surface area contributed by atoms with Crippen molar-refractivity contribution in [3.63, 3.8) is 0 Å². The lowest BCUT2D eigenvalue weighted by Crippen LogP contribution is -2.25. The van der Waals surface area contributed by atoms with Gasteiger partial charge in [-0.1, -0.05) is 29.8 Å². The molecule has 0 aliphatic carbocycles. The third-order valence-electron chi connectivity index (χ3n) is 2.91. The number of aliphatic carboxylic acids is 1. The molecule has 0 fully saturated rings. The van der Waals surface area contributed by atoms with Crippen molar-refractivity contribution in [3.8, 4) is 5.75 Å². The van der Waals surface area contributed by atoms with Gasteiger partial charge in [0.1, 0.15) is 5.75 Å². The molecule has 2 N–H and O–H groups in total. The molecule has 1 amide bonds. The Bertz CT molecular complexity index is 540. The lowest BCUT2D eigenvalue weighted by Gasteiger charge is -2.28. The number of carbonyl (C=O) groups excluding carboxylic acids is 1. The molecule has 6 heteroatoms. The predicted octanol–water partition coefficient (Wildman–Crippen LogP) is 3.17. The minimum atomic E-state index is -0.904. The second-order valence-electron chi connectivity index (χ2n) is 5.14. The van der Waals surface area contributed by atoms with Crippen LogP contribution < -0.4 is 10.1 Å². The van der Waals surface area contributed by atoms with E-state index in [-0.39, 0.29) is 12.3 Å². The molecule has 0 aliphatic heterocycles. The second-order valence-corrected chi connectivity index (χ2v) is 5.99. The van der Waals surface area contributed by atoms with Crippen LogP contribution in [-0.2, 0) is 15.0 Å². The van der Waals surface area contributed by atoms with Gasteiger partial charge in [0.05, 0.1) is 19.2 Å². The highest BCUT2D eigenvalue weighted by atomic mass is 79.9. The summed E-state index contributed by atoms with van der Waals surface area (Å²) in [5.41, 5.74) is 0.534. The van der Waals surface area contributed by atoms with Gasteiger partial charge in [0.2, 0.25) is 5.91 Å². The molecule has 1 rings (SSSR count). The average Bonchev–Trinajstić information content (AvgIpc) is 2.26. The third kappa shape index (κ3) is 3.72. The number of hydrogen-bond donors (Lipinski definition) is 2. The van der Waals surface area contributed by atoms with Gasteiger partial charge in [-0.25, -0.2) is 0 Å². The molecular weight excluding hydrogens is 326 g/mol. The Labute approximate surface area is 126 Å². The molecule has 0 spiro atoms. The lowest BCUT2D eigenvalue weighted by atomic mass is 9.80. The van der Waals surface area contributed by atoms with Crippen molar-refractivity contribution in [2.75, 3.05) is 12.4 Å². The van der Waals surface area contributed by atoms with Gasteiger partial charge in [-0.3, -0.25) is 9.59 Å². The van der Waals surface area contributed by atoms with E-state index >= 15 is 0 Å². The summed E-state index contributed by atoms with van der Waals surface area (Å²) in [6, 6.07) is 3.50. The van der Waals surface area contributed by atoms with E-state index in [4.69, 9.17) is 9.84 Å². The number of anilines is 1. The zero-order valence-corrected chi connectivity index (χ0v) is 13.5. The molecule has 0 radical (unpaired) electrons. The Hall–Kier alpha value is -1.56. The minimum Gasteiger partial charge on any atom is -0.495 e. The van der Waals surface area contributed by atoms with Crippen LogP contribution in [0.25, 0.3) is 0 Å². The molecule has 1 aromatic rings. The van der Waals surface area contributed by atoms with Crippen LogP contribution in [0.4, 0.5) is 5.69 Å². The number of hydrogen-bond acceptors (Lipinski definition) is 3. The first kappa shape index (κ1) is 16.5.